The van der Waals surface area contributed by atoms with Crippen LogP contribution >= 0.6 is 0 Å². The van der Waals surface area contributed by atoms with Gasteiger partial charge in [-0.25, -0.2) is 0 Å². The number of benzene rings is 2. The van der Waals surface area contributed by atoms with Gasteiger partial charge in [-0.1, -0.05) is 24.0 Å². The summed E-state index contributed by atoms with van der Waals surface area (Å²) in [6, 6.07) is 11.1. The first-order valence-corrected chi connectivity index (χ1v) is 11.7. The summed E-state index contributed by atoms with van der Waals surface area (Å²) in [6.45, 7) is 0.376. The summed E-state index contributed by atoms with van der Waals surface area (Å²) < 4.78 is 25.9. The molecule has 0 amide bonds. The van der Waals surface area contributed by atoms with Gasteiger partial charge in [-0.2, -0.15) is 0 Å². The van der Waals surface area contributed by atoms with Crippen LogP contribution in [-0.4, -0.2) is 51.6 Å². The molecule has 0 aliphatic heterocycles. The van der Waals surface area contributed by atoms with E-state index in [4.69, 9.17) is 41.6 Å². The number of methoxy groups -OCH3 is 3. The highest BCUT2D eigenvalue weighted by Crippen LogP contribution is 2.50. The number of ether oxygens (including phenoxy) is 5. The molecule has 2 aliphatic carbocycles. The predicted molar refractivity (Wildman–Crippen MR) is 136 cm³/mol. The van der Waals surface area contributed by atoms with Gasteiger partial charge in [0.1, 0.15) is 13.2 Å². The molecule has 8 heteroatoms. The van der Waals surface area contributed by atoms with Gasteiger partial charge < -0.3 is 28.8 Å². The molecular weight excluding hydrogens is 476 g/mol. The molecule has 0 radical (unpaired) electrons. The average molecular weight is 507 g/mol. The van der Waals surface area contributed by atoms with Crippen LogP contribution in [0.25, 0.3) is 0 Å². The number of rotatable bonds is 10. The lowest BCUT2D eigenvalue weighted by molar-refractivity contribution is -0.142. The second kappa shape index (κ2) is 12.6. The number of carbonyl (C=O) groups excluding carboxylic acids is 1. The van der Waals surface area contributed by atoms with Gasteiger partial charge in [-0.15, -0.1) is 12.8 Å². The van der Waals surface area contributed by atoms with E-state index in [2.05, 4.69) is 11.8 Å². The van der Waals surface area contributed by atoms with E-state index in [1.54, 1.807) is 20.3 Å². The molecule has 1 N–H and O–H groups in total. The molecule has 0 heterocycles. The Balaban J connectivity index is 0.000000206. The minimum Gasteiger partial charge on any atom is -0.493 e. The molecule has 37 heavy (non-hydrogen) atoms. The highest BCUT2D eigenvalue weighted by molar-refractivity contribution is 5.77. The molecule has 0 aromatic heterocycles. The summed E-state index contributed by atoms with van der Waals surface area (Å²) in [4.78, 5) is 22.3. The summed E-state index contributed by atoms with van der Waals surface area (Å²) in [5.41, 5.74) is 2.02. The molecule has 2 aromatic rings. The molecule has 4 unspecified atom stereocenters. The van der Waals surface area contributed by atoms with E-state index in [9.17, 15) is 9.59 Å². The van der Waals surface area contributed by atoms with Crippen molar-refractivity contribution in [3.63, 3.8) is 0 Å². The summed E-state index contributed by atoms with van der Waals surface area (Å²) in [5, 5.41) is 8.90. The third-order valence-electron chi connectivity index (χ3n) is 6.26. The Hall–Kier alpha value is -4.30. The van der Waals surface area contributed by atoms with Gasteiger partial charge in [0.2, 0.25) is 0 Å². The van der Waals surface area contributed by atoms with Crippen LogP contribution in [0.15, 0.2) is 36.4 Å². The Kier molecular flexibility index (Phi) is 9.29. The fourth-order valence-electron chi connectivity index (χ4n) is 4.12. The molecule has 0 spiro atoms. The van der Waals surface area contributed by atoms with Gasteiger partial charge in [0.25, 0.3) is 0 Å². The van der Waals surface area contributed by atoms with Crippen LogP contribution in [0.1, 0.15) is 35.8 Å². The molecule has 2 aromatic carbocycles. The average Bonchev–Trinajstić information content (AvgIpc) is 3.84. The minimum absolute atomic E-state index is 0.0350. The Morgan fingerprint density at radius 2 is 1.27 bits per heavy atom. The van der Waals surface area contributed by atoms with Crippen LogP contribution in [0.3, 0.4) is 0 Å². The van der Waals surface area contributed by atoms with Crippen molar-refractivity contribution < 1.29 is 38.4 Å². The van der Waals surface area contributed by atoms with Crippen molar-refractivity contribution in [2.24, 2.45) is 11.8 Å². The number of hydrogen-bond acceptors (Lipinski definition) is 7. The van der Waals surface area contributed by atoms with Gasteiger partial charge >= 0.3 is 11.9 Å². The fourth-order valence-corrected chi connectivity index (χ4v) is 4.12. The number of aliphatic carboxylic acids is 1. The standard InChI is InChI=1S/C15H16O4.C14H14O4/c1-4-7-19-13-6-5-10(8-14(13)17-2)11-9-12(11)15(16)18-3;1-3-6-18-12-5-4-9(7-13(12)17-2)10-8-11(10)14(15)16/h1,5-6,8,11-12H,7,9H2,2-3H3;1,4-5,7,10-11H,6,8H2,2H3,(H,15,16). The normalized spacial score (nSPS) is 20.6. The van der Waals surface area contributed by atoms with Crippen LogP contribution in [0.4, 0.5) is 0 Å². The highest BCUT2D eigenvalue weighted by Gasteiger charge is 2.45. The Bertz CT molecular complexity index is 1210. The molecule has 194 valence electrons. The predicted octanol–water partition coefficient (Wildman–Crippen LogP) is 3.88. The van der Waals surface area contributed by atoms with Gasteiger partial charge in [-0.05, 0) is 60.1 Å². The number of esters is 1. The van der Waals surface area contributed by atoms with E-state index in [1.807, 2.05) is 30.3 Å². The zero-order chi connectivity index (χ0) is 26.9. The molecule has 2 fully saturated rings. The second-order valence-electron chi connectivity index (χ2n) is 8.56. The van der Waals surface area contributed by atoms with E-state index in [0.29, 0.717) is 29.4 Å². The topological polar surface area (TPSA) is 101 Å². The van der Waals surface area contributed by atoms with Crippen molar-refractivity contribution in [3.05, 3.63) is 47.5 Å². The molecule has 4 rings (SSSR count). The second-order valence-corrected chi connectivity index (χ2v) is 8.56. The zero-order valence-corrected chi connectivity index (χ0v) is 21.1. The number of hydrogen-bond donors (Lipinski definition) is 1. The monoisotopic (exact) mass is 506 g/mol. The van der Waals surface area contributed by atoms with Crippen LogP contribution in [-0.2, 0) is 14.3 Å². The lowest BCUT2D eigenvalue weighted by Crippen LogP contribution is -2.04. The van der Waals surface area contributed by atoms with Gasteiger partial charge in [-0.3, -0.25) is 9.59 Å². The van der Waals surface area contributed by atoms with Gasteiger partial charge in [0.05, 0.1) is 33.2 Å². The van der Waals surface area contributed by atoms with Crippen molar-refractivity contribution in [3.8, 4) is 47.7 Å². The summed E-state index contributed by atoms with van der Waals surface area (Å²) in [5.74, 6) is 6.27. The smallest absolute Gasteiger partial charge is 0.309 e. The maximum atomic E-state index is 11.4. The third-order valence-corrected chi connectivity index (χ3v) is 6.26. The van der Waals surface area contributed by atoms with Crippen LogP contribution in [0.2, 0.25) is 0 Å². The first-order chi connectivity index (χ1) is 17.9. The summed E-state index contributed by atoms with van der Waals surface area (Å²) in [6.07, 6.45) is 11.8. The quantitative estimate of drug-likeness (QED) is 0.383. The Labute approximate surface area is 216 Å². The van der Waals surface area contributed by atoms with E-state index >= 15 is 0 Å². The molecule has 2 saturated carbocycles. The molecule has 4 atom stereocenters. The molecule has 0 saturated heterocycles. The maximum absolute atomic E-state index is 11.4. The molecule has 0 bridgehead atoms. The largest absolute Gasteiger partial charge is 0.493 e. The zero-order valence-electron chi connectivity index (χ0n) is 21.1. The van der Waals surface area contributed by atoms with E-state index in [-0.39, 0.29) is 42.9 Å². The Morgan fingerprint density at radius 1 is 0.811 bits per heavy atom. The van der Waals surface area contributed by atoms with Crippen molar-refractivity contribution in [1.82, 2.24) is 0 Å². The van der Waals surface area contributed by atoms with Crippen LogP contribution in [0.5, 0.6) is 23.0 Å². The first-order valence-electron chi connectivity index (χ1n) is 11.7. The number of carboxylic acids is 1. The van der Waals surface area contributed by atoms with E-state index < -0.39 is 5.97 Å². The Morgan fingerprint density at radius 3 is 1.65 bits per heavy atom. The lowest BCUT2D eigenvalue weighted by atomic mass is 10.1. The molecule has 2 aliphatic rings. The van der Waals surface area contributed by atoms with E-state index in [1.165, 1.54) is 7.11 Å². The summed E-state index contributed by atoms with van der Waals surface area (Å²) >= 11 is 0. The SMILES string of the molecule is C#CCOc1ccc(C2CC2C(=O)O)cc1OC.C#CCOc1ccc(C2CC2C(=O)OC)cc1OC. The lowest BCUT2D eigenvalue weighted by Gasteiger charge is -2.10. The van der Waals surface area contributed by atoms with Crippen molar-refractivity contribution in [2.75, 3.05) is 34.5 Å². The summed E-state index contributed by atoms with van der Waals surface area (Å²) in [7, 11) is 4.53. The van der Waals surface area contributed by atoms with Crippen molar-refractivity contribution in [1.29, 1.82) is 0 Å². The van der Waals surface area contributed by atoms with E-state index in [0.717, 1.165) is 17.5 Å². The molecular formula is C29H30O8. The third kappa shape index (κ3) is 6.89. The van der Waals surface area contributed by atoms with Crippen molar-refractivity contribution >= 4 is 11.9 Å². The number of carbonyl (C=O) groups is 2. The molecule has 8 nitrogen and oxygen atoms in total. The maximum Gasteiger partial charge on any atom is 0.309 e. The first kappa shape index (κ1) is 27.3. The van der Waals surface area contributed by atoms with Crippen LogP contribution in [0, 0.1) is 36.5 Å². The number of carboxylic acid groups (broad SMARTS) is 1. The van der Waals surface area contributed by atoms with Crippen LogP contribution < -0.4 is 18.9 Å². The highest BCUT2D eigenvalue weighted by atomic mass is 16.5. The number of terminal acetylenes is 2. The van der Waals surface area contributed by atoms with Gasteiger partial charge in [0, 0.05) is 0 Å². The van der Waals surface area contributed by atoms with Crippen molar-refractivity contribution in [2.45, 2.75) is 24.7 Å². The fraction of sp³-hybridized carbons (Fsp3) is 0.379. The van der Waals surface area contributed by atoms with Gasteiger partial charge in [0.15, 0.2) is 23.0 Å². The minimum atomic E-state index is -0.744.